The number of anilines is 2. The molecule has 2 amide bonds. The van der Waals surface area contributed by atoms with Crippen molar-refractivity contribution in [2.75, 3.05) is 22.9 Å². The summed E-state index contributed by atoms with van der Waals surface area (Å²) in [5, 5.41) is 0.484. The Morgan fingerprint density at radius 2 is 1.85 bits per heavy atom. The molecule has 0 aliphatic carbocycles. The molecule has 2 aliphatic rings. The predicted octanol–water partition coefficient (Wildman–Crippen LogP) is 4.34. The first-order chi connectivity index (χ1) is 12.6. The molecule has 2 aliphatic heterocycles. The zero-order valence-electron chi connectivity index (χ0n) is 14.9. The summed E-state index contributed by atoms with van der Waals surface area (Å²) in [6.07, 6.45) is 2.48. The summed E-state index contributed by atoms with van der Waals surface area (Å²) in [7, 11) is 0. The van der Waals surface area contributed by atoms with Crippen molar-refractivity contribution in [3.8, 4) is 0 Å². The summed E-state index contributed by atoms with van der Waals surface area (Å²) in [4.78, 5) is 29.9. The highest BCUT2D eigenvalue weighted by Gasteiger charge is 2.26. The molecule has 0 N–H and O–H groups in total. The number of carbonyl (C=O) groups is 2. The van der Waals surface area contributed by atoms with Crippen molar-refractivity contribution in [3.63, 3.8) is 0 Å². The van der Waals surface area contributed by atoms with E-state index in [1.807, 2.05) is 59.1 Å². The van der Waals surface area contributed by atoms with E-state index in [0.717, 1.165) is 42.2 Å². The molecule has 1 fully saturated rings. The second-order valence-corrected chi connectivity index (χ2v) is 8.32. The second kappa shape index (κ2) is 7.16. The first-order valence-electron chi connectivity index (χ1n) is 9.11. The first-order valence-corrected chi connectivity index (χ1v) is 9.99. The van der Waals surface area contributed by atoms with E-state index >= 15 is 0 Å². The average Bonchev–Trinajstić information content (AvgIpc) is 3.01. The Bertz CT molecular complexity index is 834. The molecule has 0 radical (unpaired) electrons. The second-order valence-electron chi connectivity index (χ2n) is 6.84. The Morgan fingerprint density at radius 1 is 1.08 bits per heavy atom. The van der Waals surface area contributed by atoms with Crippen molar-refractivity contribution < 1.29 is 9.59 Å². The quantitative estimate of drug-likeness (QED) is 0.794. The molecule has 1 saturated heterocycles. The van der Waals surface area contributed by atoms with E-state index in [0.29, 0.717) is 17.2 Å². The number of carbonyl (C=O) groups excluding carboxylic acids is 2. The zero-order chi connectivity index (χ0) is 18.1. The lowest BCUT2D eigenvalue weighted by Gasteiger charge is -2.23. The van der Waals surface area contributed by atoms with E-state index in [-0.39, 0.29) is 11.8 Å². The lowest BCUT2D eigenvalue weighted by atomic mass is 10.1. The van der Waals surface area contributed by atoms with Crippen LogP contribution in [0.4, 0.5) is 11.4 Å². The zero-order valence-corrected chi connectivity index (χ0v) is 15.7. The molecule has 134 valence electrons. The number of amides is 2. The SMILES string of the molecule is CC1CCN(C(=O)c2ccc(N3CCCC3=O)cc2)c2ccccc2S1. The molecule has 0 bridgehead atoms. The normalized spacial score (nSPS) is 20.0. The molecule has 1 atom stereocenters. The maximum Gasteiger partial charge on any atom is 0.258 e. The molecule has 2 aromatic carbocycles. The molecule has 0 saturated carbocycles. The highest BCUT2D eigenvalue weighted by atomic mass is 32.2. The minimum Gasteiger partial charge on any atom is -0.312 e. The maximum atomic E-state index is 13.2. The fourth-order valence-corrected chi connectivity index (χ4v) is 4.67. The number of benzene rings is 2. The van der Waals surface area contributed by atoms with Gasteiger partial charge in [0.1, 0.15) is 0 Å². The van der Waals surface area contributed by atoms with E-state index in [9.17, 15) is 9.59 Å². The molecule has 5 heteroatoms. The van der Waals surface area contributed by atoms with E-state index in [2.05, 4.69) is 13.0 Å². The predicted molar refractivity (Wildman–Crippen MR) is 106 cm³/mol. The molecule has 0 spiro atoms. The Morgan fingerprint density at radius 3 is 2.58 bits per heavy atom. The van der Waals surface area contributed by atoms with Gasteiger partial charge in [-0.25, -0.2) is 0 Å². The van der Waals surface area contributed by atoms with Crippen molar-refractivity contribution in [1.82, 2.24) is 0 Å². The summed E-state index contributed by atoms with van der Waals surface area (Å²) in [6.45, 7) is 3.69. The van der Waals surface area contributed by atoms with Crippen LogP contribution in [0.3, 0.4) is 0 Å². The minimum atomic E-state index is 0.0199. The van der Waals surface area contributed by atoms with Crippen LogP contribution in [0.2, 0.25) is 0 Å². The molecule has 1 unspecified atom stereocenters. The van der Waals surface area contributed by atoms with Crippen LogP contribution in [0, 0.1) is 0 Å². The van der Waals surface area contributed by atoms with Crippen LogP contribution in [0.25, 0.3) is 0 Å². The fourth-order valence-electron chi connectivity index (χ4n) is 3.56. The molecular weight excluding hydrogens is 344 g/mol. The highest BCUT2D eigenvalue weighted by molar-refractivity contribution is 8.00. The van der Waals surface area contributed by atoms with Gasteiger partial charge in [0, 0.05) is 40.9 Å². The lowest BCUT2D eigenvalue weighted by molar-refractivity contribution is -0.117. The van der Waals surface area contributed by atoms with Gasteiger partial charge in [-0.3, -0.25) is 9.59 Å². The van der Waals surface area contributed by atoms with E-state index < -0.39 is 0 Å². The molecule has 26 heavy (non-hydrogen) atoms. The number of hydrogen-bond donors (Lipinski definition) is 0. The van der Waals surface area contributed by atoms with E-state index in [1.54, 1.807) is 4.90 Å². The van der Waals surface area contributed by atoms with Gasteiger partial charge in [-0.15, -0.1) is 11.8 Å². The number of para-hydroxylation sites is 1. The summed E-state index contributed by atoms with van der Waals surface area (Å²) in [5.74, 6) is 0.183. The van der Waals surface area contributed by atoms with Crippen molar-refractivity contribution in [2.24, 2.45) is 0 Å². The average molecular weight is 366 g/mol. The van der Waals surface area contributed by atoms with Crippen LogP contribution in [0.1, 0.15) is 36.5 Å². The first kappa shape index (κ1) is 17.2. The third-order valence-electron chi connectivity index (χ3n) is 4.99. The smallest absolute Gasteiger partial charge is 0.258 e. The third kappa shape index (κ3) is 3.23. The molecule has 4 rings (SSSR count). The third-order valence-corrected chi connectivity index (χ3v) is 6.23. The van der Waals surface area contributed by atoms with Crippen molar-refractivity contribution in [3.05, 3.63) is 54.1 Å². The van der Waals surface area contributed by atoms with Gasteiger partial charge in [0.05, 0.1) is 5.69 Å². The summed E-state index contributed by atoms with van der Waals surface area (Å²) >= 11 is 1.83. The largest absolute Gasteiger partial charge is 0.312 e. The summed E-state index contributed by atoms with van der Waals surface area (Å²) < 4.78 is 0. The lowest BCUT2D eigenvalue weighted by Crippen LogP contribution is -2.32. The number of thioether (sulfide) groups is 1. The topological polar surface area (TPSA) is 40.6 Å². The van der Waals surface area contributed by atoms with Gasteiger partial charge in [-0.1, -0.05) is 19.1 Å². The van der Waals surface area contributed by atoms with E-state index in [1.165, 1.54) is 0 Å². The van der Waals surface area contributed by atoms with Crippen molar-refractivity contribution in [2.45, 2.75) is 36.3 Å². The van der Waals surface area contributed by atoms with Gasteiger partial charge in [-0.05, 0) is 49.2 Å². The van der Waals surface area contributed by atoms with Crippen LogP contribution in [-0.2, 0) is 4.79 Å². The molecule has 2 aromatic rings. The van der Waals surface area contributed by atoms with Gasteiger partial charge in [0.25, 0.3) is 5.91 Å². The molecule has 4 nitrogen and oxygen atoms in total. The minimum absolute atomic E-state index is 0.0199. The molecular formula is C21H22N2O2S. The Kier molecular flexibility index (Phi) is 4.72. The summed E-state index contributed by atoms with van der Waals surface area (Å²) in [6, 6.07) is 15.6. The highest BCUT2D eigenvalue weighted by Crippen LogP contribution is 2.38. The van der Waals surface area contributed by atoms with Crippen LogP contribution in [-0.4, -0.2) is 30.2 Å². The number of nitrogens with zero attached hydrogens (tertiary/aromatic N) is 2. The maximum absolute atomic E-state index is 13.2. The monoisotopic (exact) mass is 366 g/mol. The van der Waals surface area contributed by atoms with Crippen molar-refractivity contribution in [1.29, 1.82) is 0 Å². The number of fused-ring (bicyclic) bond motifs is 1. The number of rotatable bonds is 2. The Balaban J connectivity index is 1.60. The molecule has 0 aromatic heterocycles. The van der Waals surface area contributed by atoms with Gasteiger partial charge in [0.2, 0.25) is 5.91 Å². The van der Waals surface area contributed by atoms with Gasteiger partial charge < -0.3 is 9.80 Å². The standard InChI is InChI=1S/C21H22N2O2S/c1-15-12-14-23(18-5-2-3-6-19(18)26-15)21(25)16-8-10-17(11-9-16)22-13-4-7-20(22)24/h2-3,5-6,8-11,15H,4,7,12-14H2,1H3. The Labute approximate surface area is 158 Å². The molecule has 2 heterocycles. The van der Waals surface area contributed by atoms with E-state index in [4.69, 9.17) is 0 Å². The van der Waals surface area contributed by atoms with Gasteiger partial charge in [0.15, 0.2) is 0 Å². The van der Waals surface area contributed by atoms with Gasteiger partial charge >= 0.3 is 0 Å². The number of hydrogen-bond acceptors (Lipinski definition) is 3. The van der Waals surface area contributed by atoms with Crippen LogP contribution in [0.15, 0.2) is 53.4 Å². The van der Waals surface area contributed by atoms with Gasteiger partial charge in [-0.2, -0.15) is 0 Å². The van der Waals surface area contributed by atoms with Crippen LogP contribution >= 0.6 is 11.8 Å². The van der Waals surface area contributed by atoms with Crippen LogP contribution in [0.5, 0.6) is 0 Å². The fraction of sp³-hybridized carbons (Fsp3) is 0.333. The van der Waals surface area contributed by atoms with Crippen LogP contribution < -0.4 is 9.80 Å². The summed E-state index contributed by atoms with van der Waals surface area (Å²) in [5.41, 5.74) is 2.53. The van der Waals surface area contributed by atoms with Crippen molar-refractivity contribution >= 4 is 35.0 Å². The Hall–Kier alpha value is -2.27.